The summed E-state index contributed by atoms with van der Waals surface area (Å²) < 4.78 is 33.3. The van der Waals surface area contributed by atoms with Gasteiger partial charge >= 0.3 is 0 Å². The van der Waals surface area contributed by atoms with Crippen LogP contribution in [-0.2, 0) is 27.9 Å². The van der Waals surface area contributed by atoms with Crippen LogP contribution in [0.3, 0.4) is 0 Å². The van der Waals surface area contributed by atoms with Crippen molar-refractivity contribution in [3.8, 4) is 5.75 Å². The molecule has 0 atom stereocenters. The van der Waals surface area contributed by atoms with Gasteiger partial charge in [0.1, 0.15) is 5.75 Å². The number of halogens is 1. The summed E-state index contributed by atoms with van der Waals surface area (Å²) in [7, 11) is -0.680. The monoisotopic (exact) mass is 486 g/mol. The van der Waals surface area contributed by atoms with E-state index in [9.17, 15) is 13.2 Å². The van der Waals surface area contributed by atoms with E-state index in [0.29, 0.717) is 11.6 Å². The number of likely N-dealkylation sites (N-methyl/N-ethyl adjacent to an activating group) is 1. The molecule has 0 saturated carbocycles. The van der Waals surface area contributed by atoms with Crippen molar-refractivity contribution >= 4 is 27.5 Å². The summed E-state index contributed by atoms with van der Waals surface area (Å²) >= 11 is 5.94. The van der Waals surface area contributed by atoms with Crippen LogP contribution in [0.4, 0.5) is 0 Å². The average Bonchev–Trinajstić information content (AvgIpc) is 2.80. The van der Waals surface area contributed by atoms with Crippen LogP contribution < -0.4 is 4.74 Å². The van der Waals surface area contributed by atoms with Gasteiger partial charge in [0, 0.05) is 25.2 Å². The lowest BCUT2D eigenvalue weighted by Crippen LogP contribution is -2.41. The molecular weight excluding hydrogens is 460 g/mol. The highest BCUT2D eigenvalue weighted by Crippen LogP contribution is 2.22. The maximum atomic E-state index is 13.4. The Morgan fingerprint density at radius 3 is 2.18 bits per heavy atom. The molecule has 0 N–H and O–H groups in total. The molecule has 33 heavy (non-hydrogen) atoms. The molecule has 0 unspecified atom stereocenters. The van der Waals surface area contributed by atoms with E-state index in [1.165, 1.54) is 33.5 Å². The van der Waals surface area contributed by atoms with Crippen LogP contribution in [0.2, 0.25) is 5.02 Å². The second kappa shape index (κ2) is 10.8. The van der Waals surface area contributed by atoms with Crippen LogP contribution in [0, 0.1) is 6.92 Å². The number of nitrogens with zero attached hydrogens (tertiary/aromatic N) is 2. The zero-order chi connectivity index (χ0) is 24.0. The van der Waals surface area contributed by atoms with Gasteiger partial charge in [0.2, 0.25) is 15.9 Å². The van der Waals surface area contributed by atoms with E-state index in [0.717, 1.165) is 22.4 Å². The molecule has 1 amide bonds. The molecule has 174 valence electrons. The maximum absolute atomic E-state index is 13.4. The number of carbonyl (C=O) groups excluding carboxylic acids is 1. The highest BCUT2D eigenvalue weighted by molar-refractivity contribution is 7.89. The van der Waals surface area contributed by atoms with Gasteiger partial charge in [-0.05, 0) is 60.0 Å². The van der Waals surface area contributed by atoms with Gasteiger partial charge < -0.3 is 9.64 Å². The number of sulfonamides is 1. The van der Waals surface area contributed by atoms with Gasteiger partial charge in [0.25, 0.3) is 0 Å². The first-order chi connectivity index (χ1) is 15.7. The van der Waals surface area contributed by atoms with Gasteiger partial charge in [-0.25, -0.2) is 8.42 Å². The van der Waals surface area contributed by atoms with E-state index in [1.807, 2.05) is 55.5 Å². The summed E-state index contributed by atoms with van der Waals surface area (Å²) in [6.45, 7) is 2.06. The van der Waals surface area contributed by atoms with E-state index in [1.54, 1.807) is 14.2 Å². The maximum Gasteiger partial charge on any atom is 0.243 e. The normalized spacial score (nSPS) is 11.4. The molecule has 0 bridgehead atoms. The molecule has 3 rings (SSSR count). The summed E-state index contributed by atoms with van der Waals surface area (Å²) in [5.41, 5.74) is 2.70. The Labute approximate surface area is 200 Å². The summed E-state index contributed by atoms with van der Waals surface area (Å²) in [6.07, 6.45) is 0. The highest BCUT2D eigenvalue weighted by atomic mass is 35.5. The van der Waals surface area contributed by atoms with Gasteiger partial charge in [-0.2, -0.15) is 4.31 Å². The minimum atomic E-state index is -3.93. The quantitative estimate of drug-likeness (QED) is 0.446. The Balaban J connectivity index is 1.84. The minimum absolute atomic E-state index is 0.0831. The molecule has 8 heteroatoms. The molecule has 0 aliphatic heterocycles. The third kappa shape index (κ3) is 6.35. The zero-order valence-corrected chi connectivity index (χ0v) is 20.4. The predicted molar refractivity (Wildman–Crippen MR) is 130 cm³/mol. The number of aryl methyl sites for hydroxylation is 1. The molecule has 0 fully saturated rings. The van der Waals surface area contributed by atoms with Crippen LogP contribution >= 0.6 is 11.6 Å². The van der Waals surface area contributed by atoms with Gasteiger partial charge in [0.15, 0.2) is 0 Å². The number of hydrogen-bond acceptors (Lipinski definition) is 4. The summed E-state index contributed by atoms with van der Waals surface area (Å²) in [6, 6.07) is 20.9. The Kier molecular flexibility index (Phi) is 8.13. The van der Waals surface area contributed by atoms with Crippen molar-refractivity contribution in [3.05, 3.63) is 94.5 Å². The fourth-order valence-electron chi connectivity index (χ4n) is 3.32. The van der Waals surface area contributed by atoms with Crippen LogP contribution in [0.25, 0.3) is 0 Å². The van der Waals surface area contributed by atoms with E-state index >= 15 is 0 Å². The zero-order valence-electron chi connectivity index (χ0n) is 18.9. The van der Waals surface area contributed by atoms with E-state index in [2.05, 4.69) is 0 Å². The average molecular weight is 487 g/mol. The lowest BCUT2D eigenvalue weighted by atomic mass is 10.1. The molecule has 3 aromatic carbocycles. The van der Waals surface area contributed by atoms with Crippen molar-refractivity contribution in [1.29, 1.82) is 0 Å². The Morgan fingerprint density at radius 1 is 0.939 bits per heavy atom. The predicted octanol–water partition coefficient (Wildman–Crippen LogP) is 4.51. The summed E-state index contributed by atoms with van der Waals surface area (Å²) in [4.78, 5) is 14.7. The number of methoxy groups -OCH3 is 1. The van der Waals surface area contributed by atoms with Gasteiger partial charge in [0.05, 0.1) is 18.6 Å². The first-order valence-electron chi connectivity index (χ1n) is 10.4. The van der Waals surface area contributed by atoms with Crippen molar-refractivity contribution in [1.82, 2.24) is 9.21 Å². The molecule has 0 saturated heterocycles. The van der Waals surface area contributed by atoms with Crippen LogP contribution in [0.5, 0.6) is 5.75 Å². The SMILES string of the molecule is COc1ccc(CN(C)C(=O)CN(Cc2ccccc2C)S(=O)(=O)c2ccc(Cl)cc2)cc1. The van der Waals surface area contributed by atoms with Crippen LogP contribution in [0.1, 0.15) is 16.7 Å². The number of carbonyl (C=O) groups is 1. The van der Waals surface area contributed by atoms with Crippen LogP contribution in [0.15, 0.2) is 77.7 Å². The Morgan fingerprint density at radius 2 is 1.58 bits per heavy atom. The van der Waals surface area contributed by atoms with Crippen molar-refractivity contribution in [2.75, 3.05) is 20.7 Å². The Bertz CT molecular complexity index is 1200. The molecular formula is C25H27ClN2O4S. The van der Waals surface area contributed by atoms with Gasteiger partial charge in [-0.3, -0.25) is 4.79 Å². The molecule has 0 heterocycles. The number of ether oxygens (including phenoxy) is 1. The van der Waals surface area contributed by atoms with E-state index < -0.39 is 10.0 Å². The number of amides is 1. The third-order valence-electron chi connectivity index (χ3n) is 5.38. The lowest BCUT2D eigenvalue weighted by molar-refractivity contribution is -0.130. The first-order valence-corrected chi connectivity index (χ1v) is 12.2. The molecule has 6 nitrogen and oxygen atoms in total. The third-order valence-corrected chi connectivity index (χ3v) is 7.43. The van der Waals surface area contributed by atoms with Crippen molar-refractivity contribution in [3.63, 3.8) is 0 Å². The minimum Gasteiger partial charge on any atom is -0.497 e. The molecule has 0 aliphatic carbocycles. The van der Waals surface area contributed by atoms with Crippen LogP contribution in [-0.4, -0.2) is 44.2 Å². The van der Waals surface area contributed by atoms with Crippen molar-refractivity contribution in [2.45, 2.75) is 24.9 Å². The number of rotatable bonds is 9. The summed E-state index contributed by atoms with van der Waals surface area (Å²) in [5, 5.41) is 0.440. The van der Waals surface area contributed by atoms with E-state index in [4.69, 9.17) is 16.3 Å². The number of benzene rings is 3. The highest BCUT2D eigenvalue weighted by Gasteiger charge is 2.28. The first kappa shape index (κ1) is 24.8. The summed E-state index contributed by atoms with van der Waals surface area (Å²) in [5.74, 6) is 0.420. The second-order valence-corrected chi connectivity index (χ2v) is 10.1. The topological polar surface area (TPSA) is 66.9 Å². The fraction of sp³-hybridized carbons (Fsp3) is 0.240. The molecule has 0 radical (unpaired) electrons. The Hall–Kier alpha value is -2.87. The van der Waals surface area contributed by atoms with Crippen molar-refractivity contribution < 1.29 is 17.9 Å². The molecule has 0 aromatic heterocycles. The molecule has 3 aromatic rings. The largest absolute Gasteiger partial charge is 0.497 e. The lowest BCUT2D eigenvalue weighted by Gasteiger charge is -2.25. The van der Waals surface area contributed by atoms with E-state index in [-0.39, 0.29) is 23.9 Å². The second-order valence-electron chi connectivity index (χ2n) is 7.75. The smallest absolute Gasteiger partial charge is 0.243 e. The van der Waals surface area contributed by atoms with Gasteiger partial charge in [-0.15, -0.1) is 0 Å². The number of hydrogen-bond donors (Lipinski definition) is 0. The molecule has 0 spiro atoms. The van der Waals surface area contributed by atoms with Gasteiger partial charge in [-0.1, -0.05) is 48.0 Å². The van der Waals surface area contributed by atoms with Crippen molar-refractivity contribution in [2.24, 2.45) is 0 Å². The fourth-order valence-corrected chi connectivity index (χ4v) is 4.82. The standard InChI is InChI=1S/C25H27ClN2O4S/c1-19-6-4-5-7-21(19)17-28(33(30,31)24-14-10-22(26)11-15-24)18-25(29)27(2)16-20-8-12-23(32-3)13-9-20/h4-15H,16-18H2,1-3H3. The molecule has 0 aliphatic rings.